The van der Waals surface area contributed by atoms with Crippen LogP contribution in [0.5, 0.6) is 0 Å². The molecule has 0 atom stereocenters. The first-order valence-corrected chi connectivity index (χ1v) is 15.3. The highest BCUT2D eigenvalue weighted by Gasteiger charge is 2.24. The fourth-order valence-corrected chi connectivity index (χ4v) is 6.03. The first-order chi connectivity index (χ1) is 22.5. The number of esters is 1. The van der Waals surface area contributed by atoms with Crippen molar-refractivity contribution in [3.8, 4) is 0 Å². The minimum atomic E-state index is -0.540. The molecule has 46 heavy (non-hydrogen) atoms. The largest absolute Gasteiger partial charge is 0.465 e. The zero-order chi connectivity index (χ0) is 32.6. The van der Waals surface area contributed by atoms with E-state index < -0.39 is 5.97 Å². The van der Waals surface area contributed by atoms with Crippen LogP contribution in [0.15, 0.2) is 48.5 Å². The van der Waals surface area contributed by atoms with Gasteiger partial charge in [0.1, 0.15) is 0 Å². The van der Waals surface area contributed by atoms with Crippen LogP contribution in [0.4, 0.5) is 0 Å². The molecule has 0 fully saturated rings. The van der Waals surface area contributed by atoms with Gasteiger partial charge in [-0.05, 0) is 63.8 Å². The number of aldehydes is 2. The second-order valence-corrected chi connectivity index (χ2v) is 11.0. The van der Waals surface area contributed by atoms with Crippen molar-refractivity contribution in [2.24, 2.45) is 5.73 Å². The van der Waals surface area contributed by atoms with Crippen LogP contribution < -0.4 is 5.73 Å². The molecule has 0 unspecified atom stereocenters. The first kappa shape index (κ1) is 32.9. The highest BCUT2D eigenvalue weighted by atomic mass is 16.5. The molecule has 5 rings (SSSR count). The molecule has 0 aliphatic rings. The molecule has 5 aromatic rings. The maximum atomic E-state index is 13.8. The van der Waals surface area contributed by atoms with Gasteiger partial charge in [-0.1, -0.05) is 36.4 Å². The Labute approximate surface area is 266 Å². The van der Waals surface area contributed by atoms with Crippen LogP contribution in [0.1, 0.15) is 54.3 Å². The third kappa shape index (κ3) is 6.43. The number of carbonyl (C=O) groups excluding carboxylic acids is 4. The van der Waals surface area contributed by atoms with Crippen LogP contribution >= 0.6 is 0 Å². The van der Waals surface area contributed by atoms with Gasteiger partial charge < -0.3 is 29.6 Å². The van der Waals surface area contributed by atoms with Gasteiger partial charge in [-0.3, -0.25) is 14.4 Å². The van der Waals surface area contributed by atoms with Crippen LogP contribution in [0.3, 0.4) is 0 Å². The Morgan fingerprint density at radius 1 is 0.652 bits per heavy atom. The van der Waals surface area contributed by atoms with Gasteiger partial charge in [0.2, 0.25) is 0 Å². The molecule has 0 saturated carbocycles. The SMILES string of the molecule is COC(=O)c1ccc2c3ccc(C(=O)N(C)CCCOCCOCCOCCCN)c4c(C=O)ccc(c5ccc(C=O)c1c52)c43. The van der Waals surface area contributed by atoms with E-state index in [0.29, 0.717) is 92.2 Å². The second kappa shape index (κ2) is 15.2. The lowest BCUT2D eigenvalue weighted by Crippen LogP contribution is -2.29. The molecule has 0 saturated heterocycles. The molecule has 240 valence electrons. The lowest BCUT2D eigenvalue weighted by atomic mass is 9.84. The molecular weight excluding hydrogens is 588 g/mol. The lowest BCUT2D eigenvalue weighted by Gasteiger charge is -2.21. The average molecular weight is 627 g/mol. The smallest absolute Gasteiger partial charge is 0.338 e. The van der Waals surface area contributed by atoms with Crippen LogP contribution in [0.2, 0.25) is 0 Å². The number of nitrogens with zero attached hydrogens (tertiary/aromatic N) is 1. The van der Waals surface area contributed by atoms with Gasteiger partial charge in [0, 0.05) is 54.3 Å². The Bertz CT molecular complexity index is 1870. The highest BCUT2D eigenvalue weighted by Crippen LogP contribution is 2.43. The summed E-state index contributed by atoms with van der Waals surface area (Å²) < 4.78 is 21.6. The van der Waals surface area contributed by atoms with Gasteiger partial charge >= 0.3 is 5.97 Å². The summed E-state index contributed by atoms with van der Waals surface area (Å²) in [6.45, 7) is 4.09. The number of methoxy groups -OCH3 is 1. The van der Waals surface area contributed by atoms with Gasteiger partial charge in [-0.15, -0.1) is 0 Å². The van der Waals surface area contributed by atoms with E-state index in [1.54, 1.807) is 36.2 Å². The number of carbonyl (C=O) groups is 4. The Kier molecular flexibility index (Phi) is 10.9. The number of nitrogens with two attached hydrogens (primary N) is 1. The fraction of sp³-hybridized carbons (Fsp3) is 0.333. The maximum absolute atomic E-state index is 13.8. The first-order valence-electron chi connectivity index (χ1n) is 15.3. The van der Waals surface area contributed by atoms with Crippen molar-refractivity contribution in [2.45, 2.75) is 12.8 Å². The fourth-order valence-electron chi connectivity index (χ4n) is 6.03. The lowest BCUT2D eigenvalue weighted by molar-refractivity contribution is 0.0132. The minimum absolute atomic E-state index is 0.210. The van der Waals surface area contributed by atoms with E-state index in [1.807, 2.05) is 24.3 Å². The summed E-state index contributed by atoms with van der Waals surface area (Å²) in [4.78, 5) is 52.5. The van der Waals surface area contributed by atoms with Crippen molar-refractivity contribution in [1.29, 1.82) is 0 Å². The Morgan fingerprint density at radius 3 is 1.61 bits per heavy atom. The number of rotatable bonds is 17. The number of benzene rings is 5. The summed E-state index contributed by atoms with van der Waals surface area (Å²) in [5.74, 6) is -0.750. The van der Waals surface area contributed by atoms with Crippen molar-refractivity contribution in [2.75, 3.05) is 66.9 Å². The molecule has 0 aromatic heterocycles. The predicted octanol–water partition coefficient (Wildman–Crippen LogP) is 5.01. The summed E-state index contributed by atoms with van der Waals surface area (Å²) in [5, 5.41) is 5.82. The van der Waals surface area contributed by atoms with E-state index in [1.165, 1.54) is 7.11 Å². The monoisotopic (exact) mass is 626 g/mol. The normalized spacial score (nSPS) is 11.5. The second-order valence-electron chi connectivity index (χ2n) is 11.0. The van der Waals surface area contributed by atoms with Gasteiger partial charge in [0.25, 0.3) is 5.91 Å². The molecule has 10 heteroatoms. The summed E-state index contributed by atoms with van der Waals surface area (Å²) in [7, 11) is 3.04. The average Bonchev–Trinajstić information content (AvgIpc) is 3.09. The topological polar surface area (TPSA) is 134 Å². The predicted molar refractivity (Wildman–Crippen MR) is 177 cm³/mol. The third-order valence-electron chi connectivity index (χ3n) is 8.22. The van der Waals surface area contributed by atoms with E-state index in [9.17, 15) is 19.2 Å². The minimum Gasteiger partial charge on any atom is -0.465 e. The quantitative estimate of drug-likeness (QED) is 0.0497. The summed E-state index contributed by atoms with van der Waals surface area (Å²) in [5.41, 5.74) is 6.92. The standard InChI is InChI=1S/C36H38N2O8/c1-38(14-4-16-45-18-20-46-19-17-44-15-3-13-37)35(41)29-11-9-27-28-10-12-30(36(42)43-2)32-24(22-40)6-8-26(34(28)32)25-7-5-23(21-39)31(29)33(25)27/h5-12,21-22H,3-4,13-20,37H2,1-2H3. The molecule has 10 nitrogen and oxygen atoms in total. The van der Waals surface area contributed by atoms with Crippen molar-refractivity contribution in [3.05, 3.63) is 70.8 Å². The van der Waals surface area contributed by atoms with Crippen molar-refractivity contribution >= 4 is 67.5 Å². The van der Waals surface area contributed by atoms with Gasteiger partial charge in [0.15, 0.2) is 12.6 Å². The van der Waals surface area contributed by atoms with E-state index in [2.05, 4.69) is 0 Å². The van der Waals surface area contributed by atoms with Crippen LogP contribution in [0.25, 0.3) is 43.1 Å². The van der Waals surface area contributed by atoms with Gasteiger partial charge in [-0.2, -0.15) is 0 Å². The maximum Gasteiger partial charge on any atom is 0.338 e. The molecule has 0 radical (unpaired) electrons. The van der Waals surface area contributed by atoms with Crippen molar-refractivity contribution < 1.29 is 38.1 Å². The van der Waals surface area contributed by atoms with E-state index in [4.69, 9.17) is 24.7 Å². The zero-order valence-electron chi connectivity index (χ0n) is 26.1. The molecular formula is C36H38N2O8. The molecule has 5 aromatic carbocycles. The zero-order valence-corrected chi connectivity index (χ0v) is 26.1. The Morgan fingerprint density at radius 2 is 1.11 bits per heavy atom. The van der Waals surface area contributed by atoms with Crippen molar-refractivity contribution in [1.82, 2.24) is 4.90 Å². The summed E-state index contributed by atoms with van der Waals surface area (Å²) >= 11 is 0. The molecule has 2 N–H and O–H groups in total. The number of ether oxygens (including phenoxy) is 4. The van der Waals surface area contributed by atoms with Crippen molar-refractivity contribution in [3.63, 3.8) is 0 Å². The van der Waals surface area contributed by atoms with Crippen LogP contribution in [0, 0.1) is 0 Å². The van der Waals surface area contributed by atoms with Crippen LogP contribution in [-0.4, -0.2) is 96.2 Å². The van der Waals surface area contributed by atoms with Crippen LogP contribution in [-0.2, 0) is 18.9 Å². The summed E-state index contributed by atoms with van der Waals surface area (Å²) in [6, 6.07) is 14.2. The highest BCUT2D eigenvalue weighted by molar-refractivity contribution is 6.37. The molecule has 0 heterocycles. The van der Waals surface area contributed by atoms with E-state index in [0.717, 1.165) is 51.3 Å². The molecule has 0 bridgehead atoms. The molecule has 0 aliphatic heterocycles. The number of hydrogen-bond donors (Lipinski definition) is 1. The summed E-state index contributed by atoms with van der Waals surface area (Å²) in [6.07, 6.45) is 2.96. The number of amides is 1. The van der Waals surface area contributed by atoms with Gasteiger partial charge in [-0.25, -0.2) is 4.79 Å². The van der Waals surface area contributed by atoms with E-state index >= 15 is 0 Å². The van der Waals surface area contributed by atoms with E-state index in [-0.39, 0.29) is 5.91 Å². The molecule has 0 spiro atoms. The number of hydrogen-bond acceptors (Lipinski definition) is 9. The Balaban J connectivity index is 1.39. The number of fused-ring (bicyclic) bond motifs is 2. The van der Waals surface area contributed by atoms with Gasteiger partial charge in [0.05, 0.1) is 39.1 Å². The molecule has 0 aliphatic carbocycles. The third-order valence-corrected chi connectivity index (χ3v) is 8.22. The Hall–Kier alpha value is -4.48. The molecule has 1 amide bonds.